The lowest BCUT2D eigenvalue weighted by molar-refractivity contribution is 0.0512. The fraction of sp³-hybridized carbons (Fsp3) is 0.533. The summed E-state index contributed by atoms with van der Waals surface area (Å²) < 4.78 is 32.5. The first-order chi connectivity index (χ1) is 11.0. The smallest absolute Gasteiger partial charge is 0.276 e. The molecule has 1 saturated carbocycles. The minimum absolute atomic E-state index is 0.0214. The number of nitrogens with zero attached hydrogens (tertiary/aromatic N) is 2. The normalized spacial score (nSPS) is 24.7. The maximum atomic E-state index is 12.8. The number of aromatic amines is 1. The van der Waals surface area contributed by atoms with Gasteiger partial charge in [0, 0.05) is 25.2 Å². The van der Waals surface area contributed by atoms with Gasteiger partial charge in [0.15, 0.2) is 5.76 Å². The van der Waals surface area contributed by atoms with E-state index < -0.39 is 15.6 Å². The molecule has 0 spiro atoms. The molecule has 0 amide bonds. The van der Waals surface area contributed by atoms with Crippen LogP contribution >= 0.6 is 0 Å². The van der Waals surface area contributed by atoms with Gasteiger partial charge in [-0.25, -0.2) is 8.42 Å². The molecule has 7 nitrogen and oxygen atoms in total. The van der Waals surface area contributed by atoms with E-state index >= 15 is 0 Å². The number of hydrogen-bond acceptors (Lipinski definition) is 5. The predicted molar refractivity (Wildman–Crippen MR) is 82.0 cm³/mol. The zero-order valence-electron chi connectivity index (χ0n) is 12.6. The SMILES string of the molecule is O=S(=O)(c1ccc(-c2ccn[nH]2)o1)N1CCCC(C2(O)CC2)C1. The summed E-state index contributed by atoms with van der Waals surface area (Å²) in [5.74, 6) is 0.462. The number of nitrogens with one attached hydrogen (secondary N) is 1. The van der Waals surface area contributed by atoms with Crippen molar-refractivity contribution in [2.75, 3.05) is 13.1 Å². The van der Waals surface area contributed by atoms with Crippen molar-refractivity contribution in [1.29, 1.82) is 0 Å². The zero-order chi connectivity index (χ0) is 16.1. The summed E-state index contributed by atoms with van der Waals surface area (Å²) in [4.78, 5) is 0. The van der Waals surface area contributed by atoms with E-state index in [2.05, 4.69) is 10.2 Å². The van der Waals surface area contributed by atoms with E-state index in [9.17, 15) is 13.5 Å². The molecule has 8 heteroatoms. The molecule has 2 aromatic heterocycles. The van der Waals surface area contributed by atoms with Gasteiger partial charge in [-0.05, 0) is 43.9 Å². The number of hydrogen-bond donors (Lipinski definition) is 2. The number of rotatable bonds is 4. The van der Waals surface area contributed by atoms with E-state index in [0.29, 0.717) is 24.5 Å². The number of sulfonamides is 1. The Balaban J connectivity index is 1.57. The molecular weight excluding hydrogens is 318 g/mol. The second-order valence-corrected chi connectivity index (χ2v) is 8.26. The van der Waals surface area contributed by atoms with E-state index in [-0.39, 0.29) is 11.0 Å². The summed E-state index contributed by atoms with van der Waals surface area (Å²) in [6.45, 7) is 0.827. The fourth-order valence-corrected chi connectivity index (χ4v) is 4.69. The van der Waals surface area contributed by atoms with Gasteiger partial charge in [-0.1, -0.05) is 0 Å². The van der Waals surface area contributed by atoms with E-state index in [4.69, 9.17) is 4.42 Å². The van der Waals surface area contributed by atoms with Gasteiger partial charge in [0.1, 0.15) is 5.69 Å². The Hall–Kier alpha value is -1.64. The van der Waals surface area contributed by atoms with Gasteiger partial charge < -0.3 is 9.52 Å². The van der Waals surface area contributed by atoms with E-state index in [1.165, 1.54) is 10.4 Å². The van der Waals surface area contributed by atoms with Crippen LogP contribution in [-0.4, -0.2) is 46.7 Å². The van der Waals surface area contributed by atoms with Crippen LogP contribution in [0, 0.1) is 5.92 Å². The molecular formula is C15H19N3O4S. The van der Waals surface area contributed by atoms with E-state index in [1.54, 1.807) is 18.3 Å². The van der Waals surface area contributed by atoms with Crippen molar-refractivity contribution in [3.8, 4) is 11.5 Å². The Labute approximate surface area is 134 Å². The maximum Gasteiger partial charge on any atom is 0.276 e. The highest BCUT2D eigenvalue weighted by Gasteiger charge is 2.50. The number of H-pyrrole nitrogens is 1. The number of aliphatic hydroxyl groups is 1. The molecule has 2 N–H and O–H groups in total. The highest BCUT2D eigenvalue weighted by molar-refractivity contribution is 7.89. The molecule has 124 valence electrons. The van der Waals surface area contributed by atoms with Crippen molar-refractivity contribution in [3.63, 3.8) is 0 Å². The summed E-state index contributed by atoms with van der Waals surface area (Å²) in [5.41, 5.74) is -0.0198. The molecule has 1 unspecified atom stereocenters. The van der Waals surface area contributed by atoms with Crippen molar-refractivity contribution in [3.05, 3.63) is 24.4 Å². The van der Waals surface area contributed by atoms with Crippen LogP contribution in [0.2, 0.25) is 0 Å². The average Bonchev–Trinajstić information content (AvgIpc) is 3.02. The largest absolute Gasteiger partial charge is 0.442 e. The Kier molecular flexibility index (Phi) is 3.36. The monoisotopic (exact) mass is 337 g/mol. The van der Waals surface area contributed by atoms with Crippen molar-refractivity contribution in [1.82, 2.24) is 14.5 Å². The van der Waals surface area contributed by atoms with Gasteiger partial charge in [0.05, 0.1) is 5.60 Å². The second-order valence-electron chi connectivity index (χ2n) is 6.39. The Morgan fingerprint density at radius 2 is 2.17 bits per heavy atom. The standard InChI is InChI=1S/C15H19N3O4S/c19-15(6-7-15)11-2-1-9-18(10-11)23(20,21)14-4-3-13(22-14)12-5-8-16-17-12/h3-5,8,11,19H,1-2,6-7,9-10H2,(H,16,17). The molecule has 0 aromatic carbocycles. The summed E-state index contributed by atoms with van der Waals surface area (Å²) >= 11 is 0. The Bertz CT molecular complexity index is 793. The second kappa shape index (κ2) is 5.19. The predicted octanol–water partition coefficient (Wildman–Crippen LogP) is 1.60. The highest BCUT2D eigenvalue weighted by atomic mass is 32.2. The Morgan fingerprint density at radius 3 is 2.87 bits per heavy atom. The molecule has 0 bridgehead atoms. The molecule has 1 atom stereocenters. The third kappa shape index (κ3) is 2.60. The first kappa shape index (κ1) is 14.9. The van der Waals surface area contributed by atoms with Crippen LogP contribution in [0.5, 0.6) is 0 Å². The quantitative estimate of drug-likeness (QED) is 0.883. The molecule has 0 radical (unpaired) electrons. The van der Waals surface area contributed by atoms with Gasteiger partial charge in [-0.3, -0.25) is 5.10 Å². The first-order valence-corrected chi connectivity index (χ1v) is 9.25. The van der Waals surface area contributed by atoms with Gasteiger partial charge >= 0.3 is 0 Å². The molecule has 3 heterocycles. The third-order valence-electron chi connectivity index (χ3n) is 4.85. The number of aromatic nitrogens is 2. The minimum atomic E-state index is -3.68. The zero-order valence-corrected chi connectivity index (χ0v) is 13.4. The molecule has 23 heavy (non-hydrogen) atoms. The van der Waals surface area contributed by atoms with Gasteiger partial charge in [-0.2, -0.15) is 9.40 Å². The number of furan rings is 1. The molecule has 4 rings (SSSR count). The van der Waals surface area contributed by atoms with Crippen LogP contribution in [0.3, 0.4) is 0 Å². The molecule has 1 aliphatic heterocycles. The highest BCUT2D eigenvalue weighted by Crippen LogP contribution is 2.46. The minimum Gasteiger partial charge on any atom is -0.442 e. The summed E-state index contributed by atoms with van der Waals surface area (Å²) in [7, 11) is -3.68. The van der Waals surface area contributed by atoms with E-state index in [1.807, 2.05) is 0 Å². The topological polar surface area (TPSA) is 99.4 Å². The van der Waals surface area contributed by atoms with Crippen LogP contribution in [0.15, 0.2) is 33.9 Å². The molecule has 1 aliphatic carbocycles. The lowest BCUT2D eigenvalue weighted by Gasteiger charge is -2.33. The third-order valence-corrected chi connectivity index (χ3v) is 6.59. The van der Waals surface area contributed by atoms with Gasteiger partial charge in [0.2, 0.25) is 5.09 Å². The summed E-state index contributed by atoms with van der Waals surface area (Å²) in [5, 5.41) is 16.8. The Morgan fingerprint density at radius 1 is 1.35 bits per heavy atom. The van der Waals surface area contributed by atoms with Crippen LogP contribution in [0.4, 0.5) is 0 Å². The van der Waals surface area contributed by atoms with Crippen molar-refractivity contribution in [2.24, 2.45) is 5.92 Å². The van der Waals surface area contributed by atoms with Gasteiger partial charge in [-0.15, -0.1) is 0 Å². The van der Waals surface area contributed by atoms with Crippen molar-refractivity contribution >= 4 is 10.0 Å². The van der Waals surface area contributed by atoms with Crippen molar-refractivity contribution < 1.29 is 17.9 Å². The van der Waals surface area contributed by atoms with Crippen LogP contribution in [-0.2, 0) is 10.0 Å². The molecule has 2 aromatic rings. The lowest BCUT2D eigenvalue weighted by Crippen LogP contribution is -2.44. The number of piperidine rings is 1. The van der Waals surface area contributed by atoms with Gasteiger partial charge in [0.25, 0.3) is 10.0 Å². The molecule has 2 fully saturated rings. The summed E-state index contributed by atoms with van der Waals surface area (Å²) in [6.07, 6.45) is 4.77. The fourth-order valence-electron chi connectivity index (χ4n) is 3.26. The van der Waals surface area contributed by atoms with Crippen LogP contribution in [0.1, 0.15) is 25.7 Å². The first-order valence-electron chi connectivity index (χ1n) is 7.81. The molecule has 2 aliphatic rings. The summed E-state index contributed by atoms with van der Waals surface area (Å²) in [6, 6.07) is 4.81. The maximum absolute atomic E-state index is 12.8. The molecule has 1 saturated heterocycles. The van der Waals surface area contributed by atoms with Crippen LogP contribution < -0.4 is 0 Å². The van der Waals surface area contributed by atoms with Crippen LogP contribution in [0.25, 0.3) is 11.5 Å². The average molecular weight is 337 g/mol. The van der Waals surface area contributed by atoms with E-state index in [0.717, 1.165) is 25.7 Å². The lowest BCUT2D eigenvalue weighted by atomic mass is 9.92. The van der Waals surface area contributed by atoms with Crippen molar-refractivity contribution in [2.45, 2.75) is 36.4 Å².